The average molecular weight is 363 g/mol. The number of hydrogen-bond donors (Lipinski definition) is 2. The van der Waals surface area contributed by atoms with Gasteiger partial charge in [-0.3, -0.25) is 14.5 Å². The Labute approximate surface area is 153 Å². The lowest BCUT2D eigenvalue weighted by atomic mass is 10.0. The molecule has 1 fully saturated rings. The van der Waals surface area contributed by atoms with Crippen molar-refractivity contribution in [3.8, 4) is 0 Å². The molecule has 2 rings (SSSR count). The van der Waals surface area contributed by atoms with Gasteiger partial charge in [0.2, 0.25) is 5.91 Å². The number of amides is 3. The lowest BCUT2D eigenvalue weighted by Gasteiger charge is -2.29. The number of hydrogen-bond acceptors (Lipinski definition) is 4. The third kappa shape index (κ3) is 5.11. The number of para-hydroxylation sites is 1. The van der Waals surface area contributed by atoms with Crippen molar-refractivity contribution >= 4 is 23.4 Å². The van der Waals surface area contributed by atoms with E-state index in [0.717, 1.165) is 11.3 Å². The molecule has 0 aromatic heterocycles. The summed E-state index contributed by atoms with van der Waals surface area (Å²) in [6.07, 6.45) is 2.03. The van der Waals surface area contributed by atoms with E-state index in [1.54, 1.807) is 6.07 Å². The molecule has 2 N–H and O–H groups in total. The summed E-state index contributed by atoms with van der Waals surface area (Å²) in [6.45, 7) is 4.65. The Bertz CT molecular complexity index is 665. The molecular weight excluding hydrogens is 337 g/mol. The molecule has 1 heterocycles. The van der Waals surface area contributed by atoms with Gasteiger partial charge in [-0.15, -0.1) is 0 Å². The number of rotatable bonds is 5. The number of carbonyl (C=O) groups excluding carboxylic acids is 3. The number of nitrogens with zero attached hydrogens (tertiary/aromatic N) is 1. The van der Waals surface area contributed by atoms with E-state index in [4.69, 9.17) is 0 Å². The topological polar surface area (TPSA) is 78.5 Å². The number of imide groups is 1. The maximum Gasteiger partial charge on any atom is 0.329 e. The van der Waals surface area contributed by atoms with E-state index in [0.29, 0.717) is 19.4 Å². The molecule has 0 spiro atoms. The van der Waals surface area contributed by atoms with Crippen LogP contribution in [0.4, 0.5) is 14.9 Å². The molecule has 3 amide bonds. The fourth-order valence-electron chi connectivity index (χ4n) is 2.89. The number of nitrogens with one attached hydrogen (secondary N) is 2. The van der Waals surface area contributed by atoms with Gasteiger partial charge < -0.3 is 10.6 Å². The average Bonchev–Trinajstić information content (AvgIpc) is 2.82. The van der Waals surface area contributed by atoms with Gasteiger partial charge in [0.15, 0.2) is 5.78 Å². The largest absolute Gasteiger partial charge is 0.329 e. The van der Waals surface area contributed by atoms with Crippen molar-refractivity contribution in [2.45, 2.75) is 45.6 Å². The monoisotopic (exact) mass is 363 g/mol. The number of urea groups is 1. The van der Waals surface area contributed by atoms with Gasteiger partial charge in [-0.05, 0) is 37.4 Å². The molecule has 1 unspecified atom stereocenters. The Kier molecular flexibility index (Phi) is 7.26. The van der Waals surface area contributed by atoms with Crippen LogP contribution in [0.15, 0.2) is 24.3 Å². The number of ketones is 1. The van der Waals surface area contributed by atoms with Crippen LogP contribution in [-0.2, 0) is 9.59 Å². The second kappa shape index (κ2) is 9.43. The van der Waals surface area contributed by atoms with Crippen LogP contribution < -0.4 is 10.6 Å². The van der Waals surface area contributed by atoms with Gasteiger partial charge in [0.1, 0.15) is 11.9 Å². The fraction of sp³-hybridized carbons (Fsp3) is 0.526. The minimum absolute atomic E-state index is 0.0157. The third-order valence-corrected chi connectivity index (χ3v) is 4.64. The highest BCUT2D eigenvalue weighted by molar-refractivity contribution is 6.05. The lowest BCUT2D eigenvalue weighted by Crippen LogP contribution is -2.51. The zero-order chi connectivity index (χ0) is 19.1. The highest BCUT2D eigenvalue weighted by atomic mass is 19.1. The molecule has 1 saturated heterocycles. The van der Waals surface area contributed by atoms with Crippen LogP contribution in [0.1, 0.15) is 39.5 Å². The number of halogens is 1. The zero-order valence-corrected chi connectivity index (χ0v) is 15.3. The van der Waals surface area contributed by atoms with Gasteiger partial charge in [-0.1, -0.05) is 32.4 Å². The molecule has 1 aromatic carbocycles. The second-order valence-corrected chi connectivity index (χ2v) is 6.69. The van der Waals surface area contributed by atoms with Gasteiger partial charge in [0.05, 0.1) is 12.2 Å². The van der Waals surface area contributed by atoms with E-state index >= 15 is 0 Å². The second-order valence-electron chi connectivity index (χ2n) is 6.69. The molecule has 0 radical (unpaired) electrons. The molecule has 7 heteroatoms. The van der Waals surface area contributed by atoms with E-state index in [1.807, 2.05) is 13.8 Å². The van der Waals surface area contributed by atoms with Crippen molar-refractivity contribution in [3.63, 3.8) is 0 Å². The molecule has 1 aromatic rings. The Morgan fingerprint density at radius 3 is 2.81 bits per heavy atom. The maximum atomic E-state index is 13.9. The molecule has 26 heavy (non-hydrogen) atoms. The first kappa shape index (κ1) is 20.0. The molecule has 0 bridgehead atoms. The van der Waals surface area contributed by atoms with Crippen molar-refractivity contribution in [1.82, 2.24) is 10.2 Å². The van der Waals surface area contributed by atoms with Crippen molar-refractivity contribution in [3.05, 3.63) is 30.1 Å². The first-order valence-corrected chi connectivity index (χ1v) is 9.05. The fourth-order valence-corrected chi connectivity index (χ4v) is 2.89. The highest BCUT2D eigenvalue weighted by Gasteiger charge is 2.35. The smallest absolute Gasteiger partial charge is 0.310 e. The van der Waals surface area contributed by atoms with Crippen molar-refractivity contribution < 1.29 is 18.8 Å². The van der Waals surface area contributed by atoms with E-state index in [-0.39, 0.29) is 30.4 Å². The summed E-state index contributed by atoms with van der Waals surface area (Å²) < 4.78 is 13.9. The highest BCUT2D eigenvalue weighted by Crippen LogP contribution is 2.19. The summed E-state index contributed by atoms with van der Waals surface area (Å²) in [6, 6.07) is 4.15. The van der Waals surface area contributed by atoms with Crippen LogP contribution in [0, 0.1) is 11.7 Å². The summed E-state index contributed by atoms with van der Waals surface area (Å²) in [5.74, 6) is -1.12. The normalized spacial score (nSPS) is 18.7. The summed E-state index contributed by atoms with van der Waals surface area (Å²) in [4.78, 5) is 39.0. The summed E-state index contributed by atoms with van der Waals surface area (Å²) >= 11 is 0. The number of anilines is 1. The van der Waals surface area contributed by atoms with Crippen LogP contribution in [0.2, 0.25) is 0 Å². The predicted molar refractivity (Wildman–Crippen MR) is 97.2 cm³/mol. The zero-order valence-electron chi connectivity index (χ0n) is 15.3. The lowest BCUT2D eigenvalue weighted by molar-refractivity contribution is -0.136. The van der Waals surface area contributed by atoms with Crippen molar-refractivity contribution in [2.75, 3.05) is 18.4 Å². The van der Waals surface area contributed by atoms with Gasteiger partial charge >= 0.3 is 6.03 Å². The van der Waals surface area contributed by atoms with E-state index < -0.39 is 23.8 Å². The molecule has 6 nitrogen and oxygen atoms in total. The molecule has 2 atom stereocenters. The summed E-state index contributed by atoms with van der Waals surface area (Å²) in [5.41, 5.74) is -0.0157. The Hall–Kier alpha value is -2.28. The maximum absolute atomic E-state index is 13.9. The van der Waals surface area contributed by atoms with E-state index in [2.05, 4.69) is 10.6 Å². The standard InChI is InChI=1S/C19H26FN3O3/c1-3-13(2)11-18(25)23(16-9-6-10-21-12-17(16)24)19(26)22-15-8-5-4-7-14(15)20/h4-5,7-8,13,16,21H,3,6,9-12H2,1-2H3,(H,22,26)/t13-,16?/m0/s1. The SMILES string of the molecule is CC[C@H](C)CC(=O)N(C(=O)Nc1ccccc1F)C1CCCNCC1=O. The molecule has 1 aliphatic heterocycles. The summed E-state index contributed by atoms with van der Waals surface area (Å²) in [7, 11) is 0. The van der Waals surface area contributed by atoms with Gasteiger partial charge in [-0.25, -0.2) is 9.18 Å². The molecule has 1 aliphatic rings. The molecule has 0 aliphatic carbocycles. The first-order chi connectivity index (χ1) is 12.4. The third-order valence-electron chi connectivity index (χ3n) is 4.64. The van der Waals surface area contributed by atoms with E-state index in [9.17, 15) is 18.8 Å². The quantitative estimate of drug-likeness (QED) is 0.843. The minimum atomic E-state index is -0.826. The minimum Gasteiger partial charge on any atom is -0.310 e. The Morgan fingerprint density at radius 2 is 2.12 bits per heavy atom. The van der Waals surface area contributed by atoms with Crippen LogP contribution in [0.3, 0.4) is 0 Å². The Morgan fingerprint density at radius 1 is 1.38 bits per heavy atom. The number of benzene rings is 1. The molecule has 0 saturated carbocycles. The number of carbonyl (C=O) groups is 3. The van der Waals surface area contributed by atoms with Crippen LogP contribution in [0.25, 0.3) is 0 Å². The van der Waals surface area contributed by atoms with Crippen LogP contribution >= 0.6 is 0 Å². The predicted octanol–water partition coefficient (Wildman–Crippen LogP) is 2.94. The summed E-state index contributed by atoms with van der Waals surface area (Å²) in [5, 5.41) is 5.43. The van der Waals surface area contributed by atoms with Gasteiger partial charge in [0, 0.05) is 6.42 Å². The van der Waals surface area contributed by atoms with Crippen molar-refractivity contribution in [2.24, 2.45) is 5.92 Å². The van der Waals surface area contributed by atoms with Crippen LogP contribution in [0.5, 0.6) is 0 Å². The van der Waals surface area contributed by atoms with E-state index in [1.165, 1.54) is 18.2 Å². The van der Waals surface area contributed by atoms with Crippen LogP contribution in [-0.4, -0.2) is 41.8 Å². The molecule has 142 valence electrons. The first-order valence-electron chi connectivity index (χ1n) is 9.05. The van der Waals surface area contributed by atoms with Gasteiger partial charge in [0.25, 0.3) is 0 Å². The van der Waals surface area contributed by atoms with Gasteiger partial charge in [-0.2, -0.15) is 0 Å². The molecular formula is C19H26FN3O3. The Balaban J connectivity index is 2.26. The van der Waals surface area contributed by atoms with Crippen molar-refractivity contribution in [1.29, 1.82) is 0 Å². The number of Topliss-reactive ketones (excluding diaryl/α,β-unsaturated/α-hetero) is 1.